The molecule has 1 unspecified atom stereocenters. The third-order valence-electron chi connectivity index (χ3n) is 6.87. The van der Waals surface area contributed by atoms with Crippen LogP contribution in [0.4, 0.5) is 4.79 Å². The molecule has 162 valence electrons. The summed E-state index contributed by atoms with van der Waals surface area (Å²) in [6, 6.07) is 5.38. The molecular weight excluding hydrogens is 380 g/mol. The van der Waals surface area contributed by atoms with E-state index in [-0.39, 0.29) is 23.8 Å². The molecule has 2 saturated heterocycles. The molecule has 1 aliphatic carbocycles. The Labute approximate surface area is 178 Å². The predicted molar refractivity (Wildman–Crippen MR) is 112 cm³/mol. The Morgan fingerprint density at radius 1 is 1.20 bits per heavy atom. The number of nitrogens with one attached hydrogen (secondary N) is 1. The lowest BCUT2D eigenvalue weighted by atomic mass is 9.74. The Morgan fingerprint density at radius 3 is 2.60 bits per heavy atom. The van der Waals surface area contributed by atoms with Crippen LogP contribution in [0.2, 0.25) is 0 Å². The topological polar surface area (TPSA) is 82.6 Å². The number of hydrogen-bond acceptors (Lipinski definition) is 4. The Bertz CT molecular complexity index is 787. The summed E-state index contributed by atoms with van der Waals surface area (Å²) in [4.78, 5) is 46.3. The van der Waals surface area contributed by atoms with Crippen LogP contribution in [-0.2, 0) is 16.0 Å². The lowest BCUT2D eigenvalue weighted by Gasteiger charge is -2.41. The first-order valence-electron chi connectivity index (χ1n) is 11.4. The molecule has 0 aromatic carbocycles. The highest BCUT2D eigenvalue weighted by atomic mass is 16.2. The summed E-state index contributed by atoms with van der Waals surface area (Å²) in [6.45, 7) is 3.75. The van der Waals surface area contributed by atoms with Crippen LogP contribution in [0.15, 0.2) is 24.4 Å². The fraction of sp³-hybridized carbons (Fsp3) is 0.652. The number of hydrogen-bond donors (Lipinski definition) is 1. The van der Waals surface area contributed by atoms with Gasteiger partial charge in [-0.25, -0.2) is 4.79 Å². The summed E-state index contributed by atoms with van der Waals surface area (Å²) in [5, 5.41) is 3.07. The first-order chi connectivity index (χ1) is 14.5. The van der Waals surface area contributed by atoms with Crippen molar-refractivity contribution in [2.45, 2.75) is 63.8 Å². The molecule has 1 aromatic rings. The molecule has 1 aromatic heterocycles. The second-order valence-electron chi connectivity index (χ2n) is 8.98. The molecule has 0 radical (unpaired) electrons. The Morgan fingerprint density at radius 2 is 1.97 bits per heavy atom. The summed E-state index contributed by atoms with van der Waals surface area (Å²) in [7, 11) is 0. The van der Waals surface area contributed by atoms with Gasteiger partial charge in [0, 0.05) is 44.4 Å². The van der Waals surface area contributed by atoms with E-state index in [2.05, 4.69) is 10.3 Å². The molecule has 3 aliphatic rings. The molecule has 7 nitrogen and oxygen atoms in total. The summed E-state index contributed by atoms with van der Waals surface area (Å²) >= 11 is 0. The fourth-order valence-corrected chi connectivity index (χ4v) is 4.98. The van der Waals surface area contributed by atoms with Crippen LogP contribution in [0.25, 0.3) is 0 Å². The minimum atomic E-state index is -0.832. The van der Waals surface area contributed by atoms with E-state index in [1.807, 2.05) is 30.0 Å². The van der Waals surface area contributed by atoms with E-state index < -0.39 is 5.54 Å². The van der Waals surface area contributed by atoms with Crippen LogP contribution in [0.3, 0.4) is 0 Å². The first kappa shape index (κ1) is 20.8. The second-order valence-corrected chi connectivity index (χ2v) is 8.98. The molecule has 0 bridgehead atoms. The van der Waals surface area contributed by atoms with Crippen LogP contribution in [-0.4, -0.2) is 57.8 Å². The van der Waals surface area contributed by atoms with Gasteiger partial charge in [0.1, 0.15) is 5.54 Å². The zero-order valence-corrected chi connectivity index (χ0v) is 17.8. The van der Waals surface area contributed by atoms with Crippen molar-refractivity contribution in [3.8, 4) is 0 Å². The monoisotopic (exact) mass is 412 g/mol. The molecule has 30 heavy (non-hydrogen) atoms. The quantitative estimate of drug-likeness (QED) is 0.666. The van der Waals surface area contributed by atoms with Gasteiger partial charge in [0.15, 0.2) is 0 Å². The van der Waals surface area contributed by atoms with E-state index in [0.717, 1.165) is 25.0 Å². The lowest BCUT2D eigenvalue weighted by molar-refractivity contribution is -0.136. The largest absolute Gasteiger partial charge is 0.343 e. The SMILES string of the molecule is CCCC1(C2CCN(C(=O)CC3CC3)CC2)NC(=O)N(CCc2ccccn2)C1=O. The molecule has 1 saturated carbocycles. The molecule has 1 N–H and O–H groups in total. The molecule has 0 spiro atoms. The maximum Gasteiger partial charge on any atom is 0.325 e. The van der Waals surface area contributed by atoms with Crippen molar-refractivity contribution in [3.63, 3.8) is 0 Å². The van der Waals surface area contributed by atoms with Gasteiger partial charge >= 0.3 is 6.03 Å². The van der Waals surface area contributed by atoms with Crippen molar-refractivity contribution >= 4 is 17.8 Å². The fourth-order valence-electron chi connectivity index (χ4n) is 4.98. The van der Waals surface area contributed by atoms with Crippen molar-refractivity contribution in [2.75, 3.05) is 19.6 Å². The van der Waals surface area contributed by atoms with E-state index in [0.29, 0.717) is 44.8 Å². The zero-order valence-electron chi connectivity index (χ0n) is 17.8. The van der Waals surface area contributed by atoms with Gasteiger partial charge in [0.25, 0.3) is 5.91 Å². The molecule has 2 aliphatic heterocycles. The number of urea groups is 1. The predicted octanol–water partition coefficient (Wildman–Crippen LogP) is 2.75. The van der Waals surface area contributed by atoms with Gasteiger partial charge in [0.05, 0.1) is 0 Å². The highest BCUT2D eigenvalue weighted by molar-refractivity contribution is 6.07. The Balaban J connectivity index is 1.41. The highest BCUT2D eigenvalue weighted by Gasteiger charge is 2.55. The van der Waals surface area contributed by atoms with Crippen LogP contribution < -0.4 is 5.32 Å². The number of aromatic nitrogens is 1. The van der Waals surface area contributed by atoms with Gasteiger partial charge in [-0.15, -0.1) is 0 Å². The molecule has 4 rings (SSSR count). The van der Waals surface area contributed by atoms with Crippen molar-refractivity contribution < 1.29 is 14.4 Å². The van der Waals surface area contributed by atoms with Gasteiger partial charge in [-0.2, -0.15) is 0 Å². The van der Waals surface area contributed by atoms with Gasteiger partial charge in [-0.05, 0) is 56.1 Å². The van der Waals surface area contributed by atoms with E-state index in [9.17, 15) is 14.4 Å². The van der Waals surface area contributed by atoms with Crippen LogP contribution in [0, 0.1) is 11.8 Å². The molecule has 3 fully saturated rings. The third kappa shape index (κ3) is 4.20. The molecule has 1 atom stereocenters. The number of rotatable bonds is 8. The number of likely N-dealkylation sites (tertiary alicyclic amines) is 1. The average molecular weight is 413 g/mol. The number of carbonyl (C=O) groups is 3. The summed E-state index contributed by atoms with van der Waals surface area (Å²) in [5.74, 6) is 0.802. The number of imide groups is 1. The van der Waals surface area contributed by atoms with Gasteiger partial charge in [-0.3, -0.25) is 19.5 Å². The van der Waals surface area contributed by atoms with Crippen LogP contribution in [0.1, 0.15) is 57.6 Å². The second kappa shape index (κ2) is 8.74. The minimum Gasteiger partial charge on any atom is -0.343 e. The number of amides is 4. The number of pyridine rings is 1. The number of piperidine rings is 1. The first-order valence-corrected chi connectivity index (χ1v) is 11.4. The van der Waals surface area contributed by atoms with Gasteiger partial charge < -0.3 is 10.2 Å². The van der Waals surface area contributed by atoms with E-state index in [4.69, 9.17) is 0 Å². The molecule has 4 amide bonds. The van der Waals surface area contributed by atoms with Crippen molar-refractivity contribution in [1.82, 2.24) is 20.1 Å². The van der Waals surface area contributed by atoms with Gasteiger partial charge in [0.2, 0.25) is 5.91 Å². The Hall–Kier alpha value is -2.44. The highest BCUT2D eigenvalue weighted by Crippen LogP contribution is 2.38. The lowest BCUT2D eigenvalue weighted by Crippen LogP contribution is -2.56. The van der Waals surface area contributed by atoms with Gasteiger partial charge in [-0.1, -0.05) is 19.4 Å². The van der Waals surface area contributed by atoms with Crippen molar-refractivity contribution in [3.05, 3.63) is 30.1 Å². The summed E-state index contributed by atoms with van der Waals surface area (Å²) in [5.41, 5.74) is 0.0373. The maximum atomic E-state index is 13.5. The number of nitrogens with zero attached hydrogens (tertiary/aromatic N) is 3. The molecular formula is C23H32N4O3. The normalized spacial score (nSPS) is 25.0. The van der Waals surface area contributed by atoms with E-state index in [1.54, 1.807) is 6.20 Å². The zero-order chi connectivity index (χ0) is 21.1. The standard InChI is InChI=1S/C23H32N4O3/c1-2-11-23(18-8-13-26(14-9-18)20(28)16-17-6-7-17)21(29)27(22(30)25-23)15-10-19-5-3-4-12-24-19/h3-5,12,17-18H,2,6-11,13-16H2,1H3,(H,25,30). The smallest absolute Gasteiger partial charge is 0.325 e. The average Bonchev–Trinajstić information content (AvgIpc) is 3.54. The van der Waals surface area contributed by atoms with Crippen molar-refractivity contribution in [2.24, 2.45) is 11.8 Å². The van der Waals surface area contributed by atoms with E-state index >= 15 is 0 Å². The van der Waals surface area contributed by atoms with E-state index in [1.165, 1.54) is 17.7 Å². The summed E-state index contributed by atoms with van der Waals surface area (Å²) < 4.78 is 0. The van der Waals surface area contributed by atoms with Crippen LogP contribution in [0.5, 0.6) is 0 Å². The summed E-state index contributed by atoms with van der Waals surface area (Å²) in [6.07, 6.45) is 8.28. The third-order valence-corrected chi connectivity index (χ3v) is 6.87. The Kier molecular flexibility index (Phi) is 6.06. The van der Waals surface area contributed by atoms with Crippen molar-refractivity contribution in [1.29, 1.82) is 0 Å². The maximum absolute atomic E-state index is 13.5. The molecule has 7 heteroatoms. The number of carbonyl (C=O) groups excluding carboxylic acids is 3. The minimum absolute atomic E-state index is 0.0683. The molecule has 3 heterocycles. The van der Waals surface area contributed by atoms with Crippen LogP contribution >= 0.6 is 0 Å².